The summed E-state index contributed by atoms with van der Waals surface area (Å²) in [5.74, 6) is -0.663. The maximum absolute atomic E-state index is 13.8. The molecule has 2 nitrogen and oxygen atoms in total. The number of methoxy groups -OCH3 is 1. The molecule has 0 aliphatic rings. The molecule has 1 atom stereocenters. The zero-order chi connectivity index (χ0) is 16.7. The summed E-state index contributed by atoms with van der Waals surface area (Å²) in [7, 11) is 1.07. The number of hydrogen-bond acceptors (Lipinski definition) is 2. The third-order valence-electron chi connectivity index (χ3n) is 4.05. The van der Waals surface area contributed by atoms with Crippen molar-refractivity contribution in [3.63, 3.8) is 0 Å². The molecule has 0 saturated carbocycles. The first-order chi connectivity index (χ1) is 11.7. The van der Waals surface area contributed by atoms with Crippen molar-refractivity contribution in [2.75, 3.05) is 7.11 Å². The quantitative estimate of drug-likeness (QED) is 0.349. The Morgan fingerprint density at radius 3 is 2.29 bits per heavy atom. The van der Waals surface area contributed by atoms with Crippen LogP contribution in [0.5, 0.6) is 0 Å². The van der Waals surface area contributed by atoms with Crippen LogP contribution >= 0.6 is 10.5 Å². The molecule has 0 amide bonds. The lowest BCUT2D eigenvalue weighted by Gasteiger charge is -1.98. The highest BCUT2D eigenvalue weighted by atomic mass is 32.2. The van der Waals surface area contributed by atoms with Crippen LogP contribution in [-0.2, 0) is 4.74 Å². The summed E-state index contributed by atoms with van der Waals surface area (Å²) in [6.07, 6.45) is 0. The number of rotatable bonds is 2. The molecule has 4 heteroatoms. The van der Waals surface area contributed by atoms with Gasteiger partial charge in [0.2, 0.25) is 0 Å². The average molecular weight is 337 g/mol. The van der Waals surface area contributed by atoms with E-state index in [2.05, 4.69) is 12.1 Å². The van der Waals surface area contributed by atoms with Crippen molar-refractivity contribution in [3.8, 4) is 4.90 Å². The largest absolute Gasteiger partial charge is 0.465 e. The number of fused-ring (bicyclic) bond motifs is 3. The van der Waals surface area contributed by atoms with Gasteiger partial charge in [0.25, 0.3) is 0 Å². The first-order valence-electron chi connectivity index (χ1n) is 7.50. The van der Waals surface area contributed by atoms with Gasteiger partial charge in [-0.1, -0.05) is 18.2 Å². The van der Waals surface area contributed by atoms with E-state index in [-0.39, 0.29) is 22.3 Å². The second-order valence-electron chi connectivity index (χ2n) is 5.46. The molecule has 0 aliphatic carbocycles. The van der Waals surface area contributed by atoms with E-state index in [1.165, 1.54) is 18.1 Å². The molecular weight excluding hydrogens is 323 g/mol. The molecule has 0 bridgehead atoms. The monoisotopic (exact) mass is 337 g/mol. The van der Waals surface area contributed by atoms with Gasteiger partial charge in [-0.3, -0.25) is 0 Å². The summed E-state index contributed by atoms with van der Waals surface area (Å²) in [4.78, 5) is 13.0. The molecule has 24 heavy (non-hydrogen) atoms. The van der Waals surface area contributed by atoms with Crippen LogP contribution in [0.2, 0.25) is 0 Å². The lowest BCUT2D eigenvalue weighted by molar-refractivity contribution is 0.0601. The van der Waals surface area contributed by atoms with Gasteiger partial charge in [-0.05, 0) is 42.5 Å². The van der Waals surface area contributed by atoms with Crippen LogP contribution in [0.1, 0.15) is 10.4 Å². The van der Waals surface area contributed by atoms with Crippen LogP contribution < -0.4 is 0 Å². The Morgan fingerprint density at radius 1 is 0.917 bits per heavy atom. The molecule has 1 aromatic heterocycles. The zero-order valence-corrected chi connectivity index (χ0v) is 13.8. The van der Waals surface area contributed by atoms with Crippen LogP contribution in [0.15, 0.2) is 66.7 Å². The van der Waals surface area contributed by atoms with Crippen molar-refractivity contribution >= 4 is 36.6 Å². The number of thiophene rings is 1. The number of benzene rings is 3. The summed E-state index contributed by atoms with van der Waals surface area (Å²) < 4.78 is 20.8. The van der Waals surface area contributed by atoms with Gasteiger partial charge in [-0.25, -0.2) is 9.18 Å². The van der Waals surface area contributed by atoms with Gasteiger partial charge in [-0.15, -0.1) is 0 Å². The van der Waals surface area contributed by atoms with Crippen molar-refractivity contribution in [1.82, 2.24) is 0 Å². The highest BCUT2D eigenvalue weighted by Gasteiger charge is 2.24. The van der Waals surface area contributed by atoms with E-state index in [0.717, 1.165) is 20.2 Å². The maximum atomic E-state index is 13.8. The van der Waals surface area contributed by atoms with Gasteiger partial charge < -0.3 is 4.74 Å². The fourth-order valence-electron chi connectivity index (χ4n) is 2.98. The molecular formula is C20H14FO2S+. The topological polar surface area (TPSA) is 26.3 Å². The summed E-state index contributed by atoms with van der Waals surface area (Å²) in [6, 6.07) is 20.6. The Morgan fingerprint density at radius 2 is 1.58 bits per heavy atom. The predicted octanol–water partition coefficient (Wildman–Crippen LogP) is 5.66. The second kappa shape index (κ2) is 5.73. The summed E-state index contributed by atoms with van der Waals surface area (Å²) >= 11 is 0. The summed E-state index contributed by atoms with van der Waals surface area (Å²) in [5, 5.41) is 1.75. The fraction of sp³-hybridized carbons (Fsp3) is 0.0500. The van der Waals surface area contributed by atoms with E-state index >= 15 is 0 Å². The minimum Gasteiger partial charge on any atom is -0.465 e. The fourth-order valence-corrected chi connectivity index (χ4v) is 5.34. The Balaban J connectivity index is 2.12. The third kappa shape index (κ3) is 2.27. The molecule has 0 aliphatic heterocycles. The highest BCUT2D eigenvalue weighted by Crippen LogP contribution is 2.48. The van der Waals surface area contributed by atoms with Crippen LogP contribution in [-0.4, -0.2) is 13.1 Å². The van der Waals surface area contributed by atoms with Crippen molar-refractivity contribution in [3.05, 3.63) is 78.1 Å². The van der Waals surface area contributed by atoms with Gasteiger partial charge in [0, 0.05) is 21.9 Å². The first-order valence-corrected chi connectivity index (χ1v) is 8.73. The molecule has 0 fully saturated rings. The number of halogens is 1. The van der Waals surface area contributed by atoms with Crippen molar-refractivity contribution in [2.45, 2.75) is 0 Å². The first kappa shape index (κ1) is 14.8. The second-order valence-corrected chi connectivity index (χ2v) is 7.43. The van der Waals surface area contributed by atoms with Crippen molar-refractivity contribution in [1.29, 1.82) is 0 Å². The van der Waals surface area contributed by atoms with E-state index in [9.17, 15) is 9.18 Å². The standard InChI is InChI=1S/C20H14FO2S/c1-23-20(22)13-7-9-18-16(11-13)17-12-14(21)8-10-19(17)24(18)15-5-3-2-4-6-15/h2-12H,1H3/q+1. The van der Waals surface area contributed by atoms with E-state index in [4.69, 9.17) is 4.74 Å². The van der Waals surface area contributed by atoms with E-state index in [0.29, 0.717) is 5.56 Å². The van der Waals surface area contributed by atoms with Gasteiger partial charge in [0.05, 0.1) is 18.1 Å². The lowest BCUT2D eigenvalue weighted by atomic mass is 10.1. The normalized spacial score (nSPS) is 11.8. The van der Waals surface area contributed by atoms with Gasteiger partial charge >= 0.3 is 5.97 Å². The third-order valence-corrected chi connectivity index (χ3v) is 6.39. The summed E-state index contributed by atoms with van der Waals surface area (Å²) in [6.45, 7) is 0. The van der Waals surface area contributed by atoms with E-state index in [1.807, 2.05) is 30.3 Å². The minimum absolute atomic E-state index is 0.276. The van der Waals surface area contributed by atoms with Crippen LogP contribution in [0, 0.1) is 5.82 Å². The molecule has 1 heterocycles. The van der Waals surface area contributed by atoms with Crippen LogP contribution in [0.3, 0.4) is 0 Å². The maximum Gasteiger partial charge on any atom is 0.337 e. The molecule has 118 valence electrons. The van der Waals surface area contributed by atoms with E-state index in [1.54, 1.807) is 18.2 Å². The number of ether oxygens (including phenoxy) is 1. The number of carbonyl (C=O) groups excluding carboxylic acids is 1. The van der Waals surface area contributed by atoms with Gasteiger partial charge in [0.1, 0.15) is 5.82 Å². The van der Waals surface area contributed by atoms with Crippen molar-refractivity contribution < 1.29 is 13.9 Å². The molecule has 1 unspecified atom stereocenters. The summed E-state index contributed by atoms with van der Waals surface area (Å²) in [5.41, 5.74) is 0.477. The average Bonchev–Trinajstić information content (AvgIpc) is 2.94. The molecule has 0 spiro atoms. The Kier molecular flexibility index (Phi) is 3.54. The SMILES string of the molecule is COC(=O)c1ccc2c(c1)c1cc(F)ccc1[s+]2-c1ccccc1. The molecule has 3 aromatic carbocycles. The number of carbonyl (C=O) groups is 1. The predicted molar refractivity (Wildman–Crippen MR) is 96.6 cm³/mol. The van der Waals surface area contributed by atoms with Crippen LogP contribution in [0.4, 0.5) is 4.39 Å². The molecule has 0 radical (unpaired) electrons. The molecule has 0 saturated heterocycles. The Bertz CT molecular complexity index is 1070. The molecule has 4 rings (SSSR count). The zero-order valence-electron chi connectivity index (χ0n) is 13.0. The number of hydrogen-bond donors (Lipinski definition) is 0. The Labute approximate surface area is 141 Å². The Hall–Kier alpha value is -2.72. The smallest absolute Gasteiger partial charge is 0.337 e. The van der Waals surface area contributed by atoms with E-state index < -0.39 is 0 Å². The van der Waals surface area contributed by atoms with Crippen molar-refractivity contribution in [2.24, 2.45) is 0 Å². The van der Waals surface area contributed by atoms with Crippen LogP contribution in [0.25, 0.3) is 25.1 Å². The minimum atomic E-state index is -0.387. The lowest BCUT2D eigenvalue weighted by Crippen LogP contribution is -2.00. The van der Waals surface area contributed by atoms with Gasteiger partial charge in [0.15, 0.2) is 14.3 Å². The number of esters is 1. The molecule has 0 N–H and O–H groups in total. The molecule has 4 aromatic rings. The van der Waals surface area contributed by atoms with Gasteiger partial charge in [-0.2, -0.15) is 0 Å². The highest BCUT2D eigenvalue weighted by molar-refractivity contribution is 7.50.